The van der Waals surface area contributed by atoms with Gasteiger partial charge in [0, 0.05) is 5.02 Å². The van der Waals surface area contributed by atoms with Gasteiger partial charge in [-0.3, -0.25) is 9.36 Å². The molecule has 0 N–H and O–H groups in total. The van der Waals surface area contributed by atoms with Gasteiger partial charge in [-0.15, -0.1) is 0 Å². The third kappa shape index (κ3) is 5.75. The minimum absolute atomic E-state index is 0.207. The summed E-state index contributed by atoms with van der Waals surface area (Å²) in [6.45, 7) is 6.21. The van der Waals surface area contributed by atoms with E-state index >= 15 is 0 Å². The summed E-state index contributed by atoms with van der Waals surface area (Å²) < 4.78 is 13.4. The average molecular weight is 559 g/mol. The normalized spacial score (nSPS) is 15.1. The van der Waals surface area contributed by atoms with Crippen molar-refractivity contribution in [1.29, 1.82) is 0 Å². The maximum Gasteiger partial charge on any atom is 0.338 e. The molecule has 0 amide bonds. The molecule has 198 valence electrons. The molecule has 4 aromatic rings. The highest BCUT2D eigenvalue weighted by atomic mass is 35.5. The largest absolute Gasteiger partial charge is 0.489 e. The van der Waals surface area contributed by atoms with E-state index in [1.807, 2.05) is 85.8 Å². The van der Waals surface area contributed by atoms with Crippen LogP contribution in [0.4, 0.5) is 0 Å². The fraction of sp³-hybridized carbons (Fsp3) is 0.194. The summed E-state index contributed by atoms with van der Waals surface area (Å²) in [7, 11) is 0. The quantitative estimate of drug-likeness (QED) is 0.287. The molecule has 2 heterocycles. The summed E-state index contributed by atoms with van der Waals surface area (Å²) in [5, 5.41) is 0.686. The van der Waals surface area contributed by atoms with Crippen LogP contribution in [-0.4, -0.2) is 17.1 Å². The van der Waals surface area contributed by atoms with Gasteiger partial charge in [-0.05, 0) is 67.8 Å². The van der Waals surface area contributed by atoms with Crippen LogP contribution in [0.3, 0.4) is 0 Å². The zero-order valence-electron chi connectivity index (χ0n) is 21.8. The van der Waals surface area contributed by atoms with Crippen LogP contribution in [0.5, 0.6) is 5.75 Å². The minimum atomic E-state index is -0.619. The van der Waals surface area contributed by atoms with E-state index in [2.05, 4.69) is 4.99 Å². The third-order valence-corrected chi connectivity index (χ3v) is 7.64. The number of carbonyl (C=O) groups is 1. The van der Waals surface area contributed by atoms with Crippen LogP contribution < -0.4 is 19.6 Å². The standard InChI is InChI=1S/C31H27ClN2O4S/c1-4-37-30(36)27-20(3)33-31-34(28(27)23-11-5-19(2)6-12-23)29(35)26(39-31)17-21-9-15-25(16-10-21)38-18-22-7-13-24(32)14-8-22/h5-17,28H,4,18H2,1-3H3/b26-17-/t28-/m1/s1. The van der Waals surface area contributed by atoms with Crippen molar-refractivity contribution in [3.8, 4) is 5.75 Å². The Balaban J connectivity index is 1.48. The number of thiazole rings is 1. The number of hydrogen-bond acceptors (Lipinski definition) is 6. The molecular formula is C31H27ClN2O4S. The first-order valence-electron chi connectivity index (χ1n) is 12.6. The highest BCUT2D eigenvalue weighted by Crippen LogP contribution is 2.30. The monoisotopic (exact) mass is 558 g/mol. The van der Waals surface area contributed by atoms with Crippen LogP contribution in [0.2, 0.25) is 5.02 Å². The van der Waals surface area contributed by atoms with Crippen LogP contribution in [0.15, 0.2) is 93.9 Å². The second-order valence-electron chi connectivity index (χ2n) is 9.20. The summed E-state index contributed by atoms with van der Waals surface area (Å²) in [5.41, 5.74) is 4.51. The first-order chi connectivity index (χ1) is 18.8. The highest BCUT2D eigenvalue weighted by Gasteiger charge is 2.33. The number of nitrogens with zero attached hydrogens (tertiary/aromatic N) is 2. The smallest absolute Gasteiger partial charge is 0.338 e. The minimum Gasteiger partial charge on any atom is -0.489 e. The summed E-state index contributed by atoms with van der Waals surface area (Å²) in [5.74, 6) is 0.255. The van der Waals surface area contributed by atoms with Crippen molar-refractivity contribution in [2.45, 2.75) is 33.4 Å². The molecule has 1 aliphatic heterocycles. The molecule has 39 heavy (non-hydrogen) atoms. The van der Waals surface area contributed by atoms with Crippen LogP contribution in [0, 0.1) is 6.92 Å². The van der Waals surface area contributed by atoms with Crippen LogP contribution in [-0.2, 0) is 16.1 Å². The van der Waals surface area contributed by atoms with Gasteiger partial charge in [0.2, 0.25) is 0 Å². The molecule has 0 bridgehead atoms. The molecule has 3 aromatic carbocycles. The molecule has 8 heteroatoms. The number of carbonyl (C=O) groups excluding carboxylic acids is 1. The third-order valence-electron chi connectivity index (χ3n) is 6.41. The van der Waals surface area contributed by atoms with Gasteiger partial charge in [-0.2, -0.15) is 0 Å². The van der Waals surface area contributed by atoms with Crippen molar-refractivity contribution in [1.82, 2.24) is 4.57 Å². The highest BCUT2D eigenvalue weighted by molar-refractivity contribution is 7.07. The summed E-state index contributed by atoms with van der Waals surface area (Å²) in [4.78, 5) is 31.9. The van der Waals surface area contributed by atoms with Crippen molar-refractivity contribution in [2.24, 2.45) is 4.99 Å². The predicted octanol–water partition coefficient (Wildman–Crippen LogP) is 5.34. The van der Waals surface area contributed by atoms with Gasteiger partial charge in [0.25, 0.3) is 5.56 Å². The summed E-state index contributed by atoms with van der Waals surface area (Å²) >= 11 is 7.25. The second kappa shape index (κ2) is 11.4. The number of ether oxygens (including phenoxy) is 2. The number of aryl methyl sites for hydroxylation is 1. The van der Waals surface area contributed by atoms with E-state index in [1.165, 1.54) is 11.3 Å². The van der Waals surface area contributed by atoms with Crippen molar-refractivity contribution in [2.75, 3.05) is 6.61 Å². The Bertz CT molecular complexity index is 1720. The van der Waals surface area contributed by atoms with Crippen molar-refractivity contribution < 1.29 is 14.3 Å². The number of hydrogen-bond donors (Lipinski definition) is 0. The molecule has 1 aromatic heterocycles. The number of aromatic nitrogens is 1. The Labute approximate surface area is 235 Å². The van der Waals surface area contributed by atoms with Gasteiger partial charge in [-0.1, -0.05) is 77.0 Å². The van der Waals surface area contributed by atoms with E-state index in [1.54, 1.807) is 18.4 Å². The Morgan fingerprint density at radius 1 is 1.03 bits per heavy atom. The molecule has 6 nitrogen and oxygen atoms in total. The number of benzene rings is 3. The molecule has 5 rings (SSSR count). The molecule has 0 unspecified atom stereocenters. The van der Waals surface area contributed by atoms with E-state index in [9.17, 15) is 9.59 Å². The number of fused-ring (bicyclic) bond motifs is 1. The van der Waals surface area contributed by atoms with E-state index in [0.29, 0.717) is 32.2 Å². The van der Waals surface area contributed by atoms with E-state index in [0.717, 1.165) is 28.0 Å². The Hall–Kier alpha value is -3.94. The van der Waals surface area contributed by atoms with Gasteiger partial charge >= 0.3 is 5.97 Å². The first-order valence-corrected chi connectivity index (χ1v) is 13.8. The van der Waals surface area contributed by atoms with Crippen molar-refractivity contribution >= 4 is 35.0 Å². The van der Waals surface area contributed by atoms with Crippen LogP contribution in [0.1, 0.15) is 42.1 Å². The van der Waals surface area contributed by atoms with Crippen molar-refractivity contribution in [3.05, 3.63) is 131 Å². The molecule has 0 aliphatic carbocycles. The Morgan fingerprint density at radius 2 is 1.72 bits per heavy atom. The van der Waals surface area contributed by atoms with E-state index < -0.39 is 12.0 Å². The Kier molecular flexibility index (Phi) is 7.82. The zero-order chi connectivity index (χ0) is 27.5. The fourth-order valence-electron chi connectivity index (χ4n) is 4.41. The summed E-state index contributed by atoms with van der Waals surface area (Å²) in [6.07, 6.45) is 1.84. The fourth-order valence-corrected chi connectivity index (χ4v) is 5.59. The molecule has 1 atom stereocenters. The number of allylic oxidation sites excluding steroid dienone is 1. The Morgan fingerprint density at radius 3 is 2.38 bits per heavy atom. The van der Waals surface area contributed by atoms with Crippen molar-refractivity contribution in [3.63, 3.8) is 0 Å². The molecule has 0 fully saturated rings. The molecule has 0 saturated heterocycles. The van der Waals surface area contributed by atoms with E-state index in [-0.39, 0.29) is 12.2 Å². The topological polar surface area (TPSA) is 69.9 Å². The number of rotatable bonds is 7. The molecule has 0 spiro atoms. The lowest BCUT2D eigenvalue weighted by Crippen LogP contribution is -2.39. The second-order valence-corrected chi connectivity index (χ2v) is 10.6. The molecule has 0 saturated carbocycles. The lowest BCUT2D eigenvalue weighted by Gasteiger charge is -2.24. The van der Waals surface area contributed by atoms with Gasteiger partial charge in [-0.25, -0.2) is 9.79 Å². The predicted molar refractivity (Wildman–Crippen MR) is 154 cm³/mol. The van der Waals surface area contributed by atoms with E-state index in [4.69, 9.17) is 21.1 Å². The van der Waals surface area contributed by atoms with Gasteiger partial charge in [0.05, 0.1) is 28.5 Å². The average Bonchev–Trinajstić information content (AvgIpc) is 3.23. The molecular weight excluding hydrogens is 532 g/mol. The molecule has 0 radical (unpaired) electrons. The lowest BCUT2D eigenvalue weighted by molar-refractivity contribution is -0.139. The van der Waals surface area contributed by atoms with Gasteiger partial charge < -0.3 is 9.47 Å². The maximum absolute atomic E-state index is 13.7. The number of halogens is 1. The van der Waals surface area contributed by atoms with Crippen LogP contribution >= 0.6 is 22.9 Å². The number of esters is 1. The van der Waals surface area contributed by atoms with Gasteiger partial charge in [0.15, 0.2) is 4.80 Å². The van der Waals surface area contributed by atoms with Crippen LogP contribution in [0.25, 0.3) is 6.08 Å². The summed E-state index contributed by atoms with van der Waals surface area (Å²) in [6, 6.07) is 22.3. The first kappa shape index (κ1) is 26.7. The lowest BCUT2D eigenvalue weighted by atomic mass is 9.95. The zero-order valence-corrected chi connectivity index (χ0v) is 23.4. The maximum atomic E-state index is 13.7. The van der Waals surface area contributed by atoms with Gasteiger partial charge in [0.1, 0.15) is 12.4 Å². The molecule has 1 aliphatic rings. The SMILES string of the molecule is CCOC(=O)C1=C(C)N=c2s/c(=C\c3ccc(OCc4ccc(Cl)cc4)cc3)c(=O)n2[C@@H]1c1ccc(C)cc1.